The van der Waals surface area contributed by atoms with Crippen LogP contribution in [-0.4, -0.2) is 10.5 Å². The predicted molar refractivity (Wildman–Crippen MR) is 87.5 cm³/mol. The molecule has 0 aromatic heterocycles. The fraction of sp³-hybridized carbons (Fsp3) is 0.200. The molecule has 0 amide bonds. The van der Waals surface area contributed by atoms with Crippen LogP contribution in [0.4, 0.5) is 11.4 Å². The number of para-hydroxylation sites is 2. The zero-order chi connectivity index (χ0) is 12.5. The van der Waals surface area contributed by atoms with Gasteiger partial charge in [-0.3, -0.25) is 0 Å². The summed E-state index contributed by atoms with van der Waals surface area (Å²) in [5.74, 6) is 0. The largest absolute Gasteiger partial charge is 0.339 e. The van der Waals surface area contributed by atoms with Crippen molar-refractivity contribution in [1.82, 2.24) is 0 Å². The predicted octanol–water partition coefficient (Wildman–Crippen LogP) is 5.11. The summed E-state index contributed by atoms with van der Waals surface area (Å²) in [7, 11) is 0. The van der Waals surface area contributed by atoms with Crippen LogP contribution in [0, 0.1) is 0 Å². The van der Waals surface area contributed by atoms with Crippen LogP contribution < -0.4 is 4.90 Å². The first-order valence-electron chi connectivity index (χ1n) is 6.03. The van der Waals surface area contributed by atoms with Crippen molar-refractivity contribution in [2.24, 2.45) is 0 Å². The molecule has 1 nitrogen and oxygen atoms in total. The van der Waals surface area contributed by atoms with E-state index in [0.29, 0.717) is 3.92 Å². The Labute approximate surface area is 126 Å². The minimum absolute atomic E-state index is 0.617. The zero-order valence-electron chi connectivity index (χ0n) is 10.1. The van der Waals surface area contributed by atoms with Crippen LogP contribution in [0.2, 0.25) is 0 Å². The van der Waals surface area contributed by atoms with Crippen LogP contribution in [0.3, 0.4) is 0 Å². The lowest BCUT2D eigenvalue weighted by molar-refractivity contribution is 0.902. The summed E-state index contributed by atoms with van der Waals surface area (Å²) in [6, 6.07) is 17.3. The van der Waals surface area contributed by atoms with E-state index in [1.165, 1.54) is 21.2 Å². The molecular formula is C15H14INS. The number of nitrogens with zero attached hydrogens (tertiary/aromatic N) is 1. The van der Waals surface area contributed by atoms with Crippen molar-refractivity contribution in [2.45, 2.75) is 20.6 Å². The Morgan fingerprint density at radius 3 is 2.00 bits per heavy atom. The lowest BCUT2D eigenvalue weighted by atomic mass is 10.2. The van der Waals surface area contributed by atoms with Gasteiger partial charge < -0.3 is 4.90 Å². The highest BCUT2D eigenvalue weighted by Crippen LogP contribution is 2.47. The standard InChI is InChI=1S/C15H14INS/c1-11(16)10-17-12-6-2-4-8-14(12)18-15-9-5-3-7-13(15)17/h2-9,11H,10H2,1H3. The van der Waals surface area contributed by atoms with E-state index in [-0.39, 0.29) is 0 Å². The van der Waals surface area contributed by atoms with E-state index in [9.17, 15) is 0 Å². The van der Waals surface area contributed by atoms with Gasteiger partial charge >= 0.3 is 0 Å². The molecule has 0 saturated heterocycles. The van der Waals surface area contributed by atoms with Crippen molar-refractivity contribution in [3.05, 3.63) is 48.5 Å². The highest BCUT2D eigenvalue weighted by Gasteiger charge is 2.23. The molecule has 0 spiro atoms. The van der Waals surface area contributed by atoms with Crippen LogP contribution in [0.5, 0.6) is 0 Å². The van der Waals surface area contributed by atoms with Gasteiger partial charge in [0.1, 0.15) is 0 Å². The molecule has 92 valence electrons. The Morgan fingerprint density at radius 1 is 1.00 bits per heavy atom. The number of fused-ring (bicyclic) bond motifs is 2. The van der Waals surface area contributed by atoms with E-state index in [1.54, 1.807) is 0 Å². The average molecular weight is 367 g/mol. The molecule has 2 aromatic carbocycles. The monoisotopic (exact) mass is 367 g/mol. The number of benzene rings is 2. The third kappa shape index (κ3) is 2.26. The van der Waals surface area contributed by atoms with Crippen molar-refractivity contribution >= 4 is 45.7 Å². The first kappa shape index (κ1) is 12.4. The third-order valence-electron chi connectivity index (χ3n) is 2.97. The molecule has 0 bridgehead atoms. The second-order valence-electron chi connectivity index (χ2n) is 4.43. The fourth-order valence-electron chi connectivity index (χ4n) is 2.23. The van der Waals surface area contributed by atoms with Gasteiger partial charge in [0.05, 0.1) is 11.4 Å². The first-order chi connectivity index (χ1) is 8.75. The molecule has 3 rings (SSSR count). The zero-order valence-corrected chi connectivity index (χ0v) is 13.1. The van der Waals surface area contributed by atoms with E-state index < -0.39 is 0 Å². The average Bonchev–Trinajstić information content (AvgIpc) is 2.38. The molecule has 1 aliphatic heterocycles. The van der Waals surface area contributed by atoms with Crippen LogP contribution in [0.15, 0.2) is 58.3 Å². The maximum atomic E-state index is 2.49. The summed E-state index contributed by atoms with van der Waals surface area (Å²) >= 11 is 4.36. The van der Waals surface area contributed by atoms with Gasteiger partial charge in [-0.15, -0.1) is 0 Å². The molecule has 3 heteroatoms. The van der Waals surface area contributed by atoms with Crippen LogP contribution in [0.25, 0.3) is 0 Å². The topological polar surface area (TPSA) is 3.24 Å². The summed E-state index contributed by atoms with van der Waals surface area (Å²) in [5, 5.41) is 0. The summed E-state index contributed by atoms with van der Waals surface area (Å²) in [4.78, 5) is 5.15. The van der Waals surface area contributed by atoms with Gasteiger partial charge in [0.25, 0.3) is 0 Å². The molecule has 1 atom stereocenters. The quantitative estimate of drug-likeness (QED) is 0.536. The Kier molecular flexibility index (Phi) is 3.52. The molecule has 1 unspecified atom stereocenters. The van der Waals surface area contributed by atoms with E-state index in [1.807, 2.05) is 11.8 Å². The minimum Gasteiger partial charge on any atom is -0.339 e. The normalized spacial score (nSPS) is 14.9. The summed E-state index contributed by atoms with van der Waals surface area (Å²) in [5.41, 5.74) is 2.68. The molecule has 0 radical (unpaired) electrons. The van der Waals surface area contributed by atoms with Gasteiger partial charge in [-0.05, 0) is 24.3 Å². The van der Waals surface area contributed by atoms with Crippen molar-refractivity contribution in [3.63, 3.8) is 0 Å². The lowest BCUT2D eigenvalue weighted by Crippen LogP contribution is -2.26. The molecule has 1 aliphatic rings. The van der Waals surface area contributed by atoms with E-state index >= 15 is 0 Å². The molecule has 0 fully saturated rings. The number of hydrogen-bond acceptors (Lipinski definition) is 2. The van der Waals surface area contributed by atoms with Gasteiger partial charge in [-0.2, -0.15) is 0 Å². The molecular weight excluding hydrogens is 353 g/mol. The van der Waals surface area contributed by atoms with Crippen molar-refractivity contribution in [1.29, 1.82) is 0 Å². The molecule has 18 heavy (non-hydrogen) atoms. The number of anilines is 2. The number of alkyl halides is 1. The van der Waals surface area contributed by atoms with Crippen molar-refractivity contribution in [2.75, 3.05) is 11.4 Å². The lowest BCUT2D eigenvalue weighted by Gasteiger charge is -2.33. The van der Waals surface area contributed by atoms with Gasteiger partial charge in [0.15, 0.2) is 0 Å². The van der Waals surface area contributed by atoms with Crippen molar-refractivity contribution in [3.8, 4) is 0 Å². The SMILES string of the molecule is CC(I)CN1c2ccccc2Sc2ccccc21. The second kappa shape index (κ2) is 5.13. The highest BCUT2D eigenvalue weighted by atomic mass is 127. The maximum Gasteiger partial charge on any atom is 0.0553 e. The minimum atomic E-state index is 0.617. The van der Waals surface area contributed by atoms with E-state index in [2.05, 4.69) is 82.9 Å². The van der Waals surface area contributed by atoms with E-state index in [4.69, 9.17) is 0 Å². The van der Waals surface area contributed by atoms with Gasteiger partial charge in [-0.1, -0.05) is 65.5 Å². The first-order valence-corrected chi connectivity index (χ1v) is 8.09. The molecule has 2 aromatic rings. The second-order valence-corrected chi connectivity index (χ2v) is 7.64. The summed E-state index contributed by atoms with van der Waals surface area (Å²) in [6.07, 6.45) is 0. The Hall–Kier alpha value is -0.680. The summed E-state index contributed by atoms with van der Waals surface area (Å²) < 4.78 is 0.617. The molecule has 0 saturated carbocycles. The smallest absolute Gasteiger partial charge is 0.0553 e. The van der Waals surface area contributed by atoms with Gasteiger partial charge in [0.2, 0.25) is 0 Å². The Bertz CT molecular complexity index is 522. The molecule has 0 N–H and O–H groups in total. The third-order valence-corrected chi connectivity index (χ3v) is 4.49. The Morgan fingerprint density at radius 2 is 1.50 bits per heavy atom. The van der Waals surface area contributed by atoms with Crippen LogP contribution >= 0.6 is 34.4 Å². The van der Waals surface area contributed by atoms with Crippen LogP contribution in [-0.2, 0) is 0 Å². The molecule has 0 aliphatic carbocycles. The van der Waals surface area contributed by atoms with Gasteiger partial charge in [-0.25, -0.2) is 0 Å². The molecule has 1 heterocycles. The fourth-order valence-corrected chi connectivity index (χ4v) is 3.72. The van der Waals surface area contributed by atoms with Crippen molar-refractivity contribution < 1.29 is 0 Å². The van der Waals surface area contributed by atoms with Gasteiger partial charge in [0, 0.05) is 20.3 Å². The summed E-state index contributed by atoms with van der Waals surface area (Å²) in [6.45, 7) is 3.31. The van der Waals surface area contributed by atoms with E-state index in [0.717, 1.165) is 6.54 Å². The van der Waals surface area contributed by atoms with Crippen LogP contribution in [0.1, 0.15) is 6.92 Å². The Balaban J connectivity index is 2.11. The number of rotatable bonds is 2. The highest BCUT2D eigenvalue weighted by molar-refractivity contribution is 14.1. The number of halogens is 1. The number of hydrogen-bond donors (Lipinski definition) is 0. The maximum absolute atomic E-state index is 2.49.